The van der Waals surface area contributed by atoms with Crippen molar-refractivity contribution in [2.45, 2.75) is 31.3 Å². The smallest absolute Gasteiger partial charge is 0 e. The van der Waals surface area contributed by atoms with Gasteiger partial charge >= 0.3 is 67.8 Å². The normalized spacial score (nSPS) is 11.5. The third kappa shape index (κ3) is 20.0. The number of benzene rings is 2. The van der Waals surface area contributed by atoms with E-state index in [-0.39, 0.29) is 33.6 Å². The molecule has 11 heteroatoms. The SMILES string of the molecule is OC(CCCN1CCCC1)(c1ccccc1)c1ccc(Br)cc1.[C-]#[O+].[C-]#[O+].[C-]#[O+].[C-]#[O+].[C-]#[O+].[C-]#[O+].[Co].[Co]. The Morgan fingerprint density at radius 1 is 0.676 bits per heavy atom. The molecule has 1 fully saturated rings. The Morgan fingerprint density at radius 3 is 1.46 bits per heavy atom. The van der Waals surface area contributed by atoms with Crippen molar-refractivity contribution in [3.8, 4) is 0 Å². The van der Waals surface area contributed by atoms with Crippen LogP contribution in [0.25, 0.3) is 0 Å². The number of hydrogen-bond donors (Lipinski definition) is 1. The molecular formula is C26H24BrCo2NO7. The second-order valence-electron chi connectivity index (χ2n) is 6.39. The molecule has 1 atom stereocenters. The summed E-state index contributed by atoms with van der Waals surface area (Å²) < 4.78 is 46.0. The Bertz CT molecular complexity index is 832. The van der Waals surface area contributed by atoms with Crippen molar-refractivity contribution in [3.63, 3.8) is 0 Å². The summed E-state index contributed by atoms with van der Waals surface area (Å²) in [5, 5.41) is 11.5. The molecule has 0 saturated carbocycles. The van der Waals surface area contributed by atoms with Gasteiger partial charge in [-0.2, -0.15) is 0 Å². The van der Waals surface area contributed by atoms with Crippen LogP contribution in [0, 0.1) is 39.9 Å². The summed E-state index contributed by atoms with van der Waals surface area (Å²) in [5.74, 6) is 0. The van der Waals surface area contributed by atoms with Crippen LogP contribution < -0.4 is 0 Å². The summed E-state index contributed by atoms with van der Waals surface area (Å²) >= 11 is 3.48. The van der Waals surface area contributed by atoms with Gasteiger partial charge in [0.1, 0.15) is 5.60 Å². The zero-order chi connectivity index (χ0) is 28.1. The second kappa shape index (κ2) is 36.4. The van der Waals surface area contributed by atoms with Crippen LogP contribution in [0.1, 0.15) is 36.8 Å². The molecule has 8 nitrogen and oxygen atoms in total. The quantitative estimate of drug-likeness (QED) is 0.364. The summed E-state index contributed by atoms with van der Waals surface area (Å²) in [7, 11) is 0. The van der Waals surface area contributed by atoms with Gasteiger partial charge in [0.15, 0.2) is 0 Å². The third-order valence-electron chi connectivity index (χ3n) is 4.78. The summed E-state index contributed by atoms with van der Waals surface area (Å²) in [6.07, 6.45) is 4.38. The van der Waals surface area contributed by atoms with Gasteiger partial charge in [-0.15, -0.1) is 0 Å². The first kappa shape index (κ1) is 48.4. The fourth-order valence-corrected chi connectivity index (χ4v) is 3.72. The van der Waals surface area contributed by atoms with Crippen LogP contribution in [0.15, 0.2) is 59.1 Å². The molecule has 0 aliphatic carbocycles. The van der Waals surface area contributed by atoms with Crippen molar-refractivity contribution in [1.29, 1.82) is 0 Å². The average molecular weight is 660 g/mol. The Kier molecular flexibility index (Phi) is 47.7. The van der Waals surface area contributed by atoms with Crippen LogP contribution in [0.3, 0.4) is 0 Å². The first-order valence-corrected chi connectivity index (χ1v) is 10.5. The van der Waals surface area contributed by atoms with E-state index in [2.05, 4.69) is 60.7 Å². The number of likely N-dealkylation sites (tertiary alicyclic amines) is 1. The van der Waals surface area contributed by atoms with E-state index in [9.17, 15) is 5.11 Å². The van der Waals surface area contributed by atoms with Crippen molar-refractivity contribution in [1.82, 2.24) is 4.90 Å². The van der Waals surface area contributed by atoms with Gasteiger partial charge in [-0.25, -0.2) is 0 Å². The first-order chi connectivity index (χ1) is 17.2. The number of rotatable bonds is 6. The van der Waals surface area contributed by atoms with Gasteiger partial charge in [-0.1, -0.05) is 58.4 Å². The number of nitrogens with zero attached hydrogens (tertiary/aromatic N) is 1. The maximum atomic E-state index is 11.5. The van der Waals surface area contributed by atoms with E-state index >= 15 is 0 Å². The van der Waals surface area contributed by atoms with Crippen molar-refractivity contribution >= 4 is 15.9 Å². The molecule has 0 spiro atoms. The van der Waals surface area contributed by atoms with E-state index in [0.29, 0.717) is 0 Å². The van der Waals surface area contributed by atoms with Gasteiger partial charge in [-0.05, 0) is 68.6 Å². The summed E-state index contributed by atoms with van der Waals surface area (Å²) in [6, 6.07) is 18.1. The minimum absolute atomic E-state index is 0. The topological polar surface area (TPSA) is 143 Å². The molecule has 2 aromatic rings. The maximum absolute atomic E-state index is 11.5. The molecule has 3 rings (SSSR count). The molecule has 0 amide bonds. The molecule has 0 bridgehead atoms. The largest absolute Gasteiger partial charge is 0 e. The number of hydrogen-bond acceptors (Lipinski definition) is 2. The maximum Gasteiger partial charge on any atom is 0 e. The minimum atomic E-state index is -0.915. The van der Waals surface area contributed by atoms with Gasteiger partial charge in [0.2, 0.25) is 0 Å². The summed E-state index contributed by atoms with van der Waals surface area (Å²) in [4.78, 5) is 2.51. The van der Waals surface area contributed by atoms with E-state index in [1.165, 1.54) is 25.9 Å². The van der Waals surface area contributed by atoms with Crippen molar-refractivity contribution in [2.24, 2.45) is 0 Å². The molecule has 0 aromatic heterocycles. The van der Waals surface area contributed by atoms with Crippen LogP contribution in [0.5, 0.6) is 0 Å². The van der Waals surface area contributed by atoms with E-state index < -0.39 is 5.60 Å². The molecule has 1 saturated heterocycles. The van der Waals surface area contributed by atoms with Crippen LogP contribution >= 0.6 is 15.9 Å². The zero-order valence-corrected chi connectivity index (χ0v) is 23.2. The Hall–Kier alpha value is -1.71. The standard InChI is InChI=1S/C20H24BrNO.6CO.2Co/c21-19-11-9-18(10-12-19)20(23,17-7-2-1-3-8-17)13-6-16-22-14-4-5-15-22;6*1-2;;/h1-3,7-12,23H,4-6,13-16H2;;;;;;;;. The van der Waals surface area contributed by atoms with E-state index in [0.717, 1.165) is 35.0 Å². The van der Waals surface area contributed by atoms with E-state index in [1.54, 1.807) is 0 Å². The predicted octanol–water partition coefficient (Wildman–Crippen LogP) is 4.33. The predicted molar refractivity (Wildman–Crippen MR) is 122 cm³/mol. The fourth-order valence-electron chi connectivity index (χ4n) is 3.46. The molecule has 1 aliphatic rings. The molecular weight excluding hydrogens is 636 g/mol. The molecule has 2 radical (unpaired) electrons. The molecule has 1 aliphatic heterocycles. The van der Waals surface area contributed by atoms with Crippen LogP contribution in [-0.2, 0) is 67.1 Å². The van der Waals surface area contributed by atoms with Crippen molar-refractivity contribution in [3.05, 3.63) is 110 Å². The minimum Gasteiger partial charge on any atom is 0 e. The van der Waals surface area contributed by atoms with Crippen molar-refractivity contribution in [2.75, 3.05) is 19.6 Å². The number of halogens is 1. The molecule has 1 N–H and O–H groups in total. The molecule has 200 valence electrons. The average Bonchev–Trinajstić information content (AvgIpc) is 3.50. The summed E-state index contributed by atoms with van der Waals surface area (Å²) in [5.41, 5.74) is 1.03. The second-order valence-corrected chi connectivity index (χ2v) is 7.30. The van der Waals surface area contributed by atoms with E-state index in [4.69, 9.17) is 27.9 Å². The van der Waals surface area contributed by atoms with Crippen LogP contribution in [-0.4, -0.2) is 29.6 Å². The van der Waals surface area contributed by atoms with Crippen molar-refractivity contribution < 1.29 is 66.6 Å². The van der Waals surface area contributed by atoms with Crippen LogP contribution in [0.2, 0.25) is 0 Å². The summed E-state index contributed by atoms with van der Waals surface area (Å²) in [6.45, 7) is 30.5. The first-order valence-electron chi connectivity index (χ1n) is 9.67. The molecule has 37 heavy (non-hydrogen) atoms. The molecule has 1 heterocycles. The van der Waals surface area contributed by atoms with Gasteiger partial charge in [0.05, 0.1) is 0 Å². The van der Waals surface area contributed by atoms with Crippen LogP contribution in [0.4, 0.5) is 0 Å². The van der Waals surface area contributed by atoms with Gasteiger partial charge in [-0.3, -0.25) is 0 Å². The van der Waals surface area contributed by atoms with Gasteiger partial charge in [0.25, 0.3) is 0 Å². The monoisotopic (exact) mass is 659 g/mol. The number of aliphatic hydroxyl groups is 1. The van der Waals surface area contributed by atoms with Gasteiger partial charge in [0, 0.05) is 38.0 Å². The molecule has 2 aromatic carbocycles. The Morgan fingerprint density at radius 2 is 1.05 bits per heavy atom. The Balaban J connectivity index is -0.000000152. The molecule has 1 unspecified atom stereocenters. The zero-order valence-electron chi connectivity index (χ0n) is 19.5. The van der Waals surface area contributed by atoms with Gasteiger partial charge < -0.3 is 10.0 Å². The van der Waals surface area contributed by atoms with E-state index in [1.807, 2.05) is 54.6 Å². The Labute approximate surface area is 247 Å². The fraction of sp³-hybridized carbons (Fsp3) is 0.308. The third-order valence-corrected chi connectivity index (χ3v) is 5.31.